The van der Waals surface area contributed by atoms with Crippen LogP contribution in [0.15, 0.2) is 35.9 Å². The minimum atomic E-state index is -4.48. The van der Waals surface area contributed by atoms with E-state index in [0.29, 0.717) is 29.2 Å². The number of rotatable bonds is 8. The fourth-order valence-electron chi connectivity index (χ4n) is 3.07. The van der Waals surface area contributed by atoms with E-state index in [2.05, 4.69) is 10.6 Å². The van der Waals surface area contributed by atoms with Crippen LogP contribution in [0.1, 0.15) is 22.5 Å². The summed E-state index contributed by atoms with van der Waals surface area (Å²) in [5, 5.41) is 14.3. The van der Waals surface area contributed by atoms with Crippen molar-refractivity contribution in [2.24, 2.45) is 0 Å². The van der Waals surface area contributed by atoms with Crippen molar-refractivity contribution in [1.82, 2.24) is 15.2 Å². The first-order valence-corrected chi connectivity index (χ1v) is 9.60. The van der Waals surface area contributed by atoms with Crippen molar-refractivity contribution in [3.63, 3.8) is 0 Å². The molecule has 32 heavy (non-hydrogen) atoms. The first-order chi connectivity index (χ1) is 15.1. The van der Waals surface area contributed by atoms with Crippen molar-refractivity contribution in [3.8, 4) is 11.8 Å². The van der Waals surface area contributed by atoms with Gasteiger partial charge in [0.05, 0.1) is 18.7 Å². The maximum absolute atomic E-state index is 13.1. The normalized spacial score (nSPS) is 11.7. The Kier molecular flexibility index (Phi) is 8.21. The lowest BCUT2D eigenvalue weighted by Crippen LogP contribution is -2.38. The van der Waals surface area contributed by atoms with E-state index >= 15 is 0 Å². The number of aryl methyl sites for hydroxylation is 1. The fraction of sp³-hybridized carbons (Fsp3) is 0.318. The highest BCUT2D eigenvalue weighted by Crippen LogP contribution is 2.31. The predicted octanol–water partition coefficient (Wildman–Crippen LogP) is 2.90. The predicted molar refractivity (Wildman–Crippen MR) is 112 cm³/mol. The molecule has 0 bridgehead atoms. The molecule has 0 fully saturated rings. The van der Waals surface area contributed by atoms with E-state index in [0.717, 1.165) is 12.1 Å². The summed E-state index contributed by atoms with van der Waals surface area (Å²) >= 11 is 0. The molecule has 2 amide bonds. The number of benzene rings is 1. The van der Waals surface area contributed by atoms with E-state index in [4.69, 9.17) is 4.74 Å². The number of amides is 2. The summed E-state index contributed by atoms with van der Waals surface area (Å²) in [5.74, 6) is -1.17. The molecule has 0 saturated heterocycles. The minimum Gasteiger partial charge on any atom is -0.383 e. The van der Waals surface area contributed by atoms with Gasteiger partial charge in [-0.15, -0.1) is 0 Å². The lowest BCUT2D eigenvalue weighted by atomic mass is 10.1. The standard InChI is InChI=1S/C22H23F3N4O3/c1-14-9-16(10-17(12-26)21(31)28-13-20(30)27-7-8-32-3)15(2)29(14)19-6-4-5-18(11-19)22(23,24)25/h4-6,9-11H,7-8,13H2,1-3H3,(H,27,30)(H,28,31)/b17-10+. The van der Waals surface area contributed by atoms with Crippen LogP contribution in [0, 0.1) is 25.2 Å². The van der Waals surface area contributed by atoms with Crippen LogP contribution in [0.4, 0.5) is 13.2 Å². The van der Waals surface area contributed by atoms with Crippen molar-refractivity contribution in [1.29, 1.82) is 5.26 Å². The topological polar surface area (TPSA) is 96.2 Å². The number of nitrogens with one attached hydrogen (secondary N) is 2. The molecule has 10 heteroatoms. The number of hydrogen-bond acceptors (Lipinski definition) is 4. The van der Waals surface area contributed by atoms with E-state index in [9.17, 15) is 28.0 Å². The molecule has 0 aliphatic heterocycles. The highest BCUT2D eigenvalue weighted by molar-refractivity contribution is 6.03. The second kappa shape index (κ2) is 10.6. The van der Waals surface area contributed by atoms with E-state index < -0.39 is 23.6 Å². The van der Waals surface area contributed by atoms with Crippen LogP contribution in [-0.2, 0) is 20.5 Å². The Morgan fingerprint density at radius 2 is 1.94 bits per heavy atom. The molecule has 7 nitrogen and oxygen atoms in total. The molecule has 0 aliphatic rings. The molecule has 1 aromatic heterocycles. The number of carbonyl (C=O) groups is 2. The van der Waals surface area contributed by atoms with E-state index in [1.165, 1.54) is 19.3 Å². The number of nitriles is 1. The van der Waals surface area contributed by atoms with Crippen LogP contribution in [0.5, 0.6) is 0 Å². The molecular weight excluding hydrogens is 425 g/mol. The molecule has 1 heterocycles. The van der Waals surface area contributed by atoms with E-state index in [1.54, 1.807) is 36.6 Å². The summed E-state index contributed by atoms with van der Waals surface area (Å²) in [7, 11) is 1.49. The van der Waals surface area contributed by atoms with Gasteiger partial charge in [0, 0.05) is 30.7 Å². The molecule has 1 aromatic carbocycles. The smallest absolute Gasteiger partial charge is 0.383 e. The Bertz CT molecular complexity index is 1070. The van der Waals surface area contributed by atoms with Gasteiger partial charge in [-0.1, -0.05) is 6.07 Å². The SMILES string of the molecule is COCCNC(=O)CNC(=O)/C(C#N)=C/c1cc(C)n(-c2cccc(C(F)(F)F)c2)c1C. The highest BCUT2D eigenvalue weighted by atomic mass is 19.4. The Morgan fingerprint density at radius 3 is 2.56 bits per heavy atom. The number of alkyl halides is 3. The lowest BCUT2D eigenvalue weighted by Gasteiger charge is -2.13. The first-order valence-electron chi connectivity index (χ1n) is 9.60. The maximum Gasteiger partial charge on any atom is 0.416 e. The number of methoxy groups -OCH3 is 1. The van der Waals surface area contributed by atoms with Crippen molar-refractivity contribution in [3.05, 3.63) is 58.4 Å². The molecule has 0 unspecified atom stereocenters. The third kappa shape index (κ3) is 6.21. The molecule has 0 saturated carbocycles. The zero-order chi connectivity index (χ0) is 23.9. The summed E-state index contributed by atoms with van der Waals surface area (Å²) in [5.41, 5.74) is 0.976. The number of carbonyl (C=O) groups excluding carboxylic acids is 2. The molecule has 170 valence electrons. The number of nitrogens with zero attached hydrogens (tertiary/aromatic N) is 2. The quantitative estimate of drug-likeness (QED) is 0.369. The van der Waals surface area contributed by atoms with Gasteiger partial charge in [0.2, 0.25) is 5.91 Å². The van der Waals surface area contributed by atoms with Gasteiger partial charge >= 0.3 is 6.18 Å². The summed E-state index contributed by atoms with van der Waals surface area (Å²) in [6.07, 6.45) is -3.14. The Hall–Kier alpha value is -3.58. The van der Waals surface area contributed by atoms with Crippen LogP contribution in [0.25, 0.3) is 11.8 Å². The van der Waals surface area contributed by atoms with Gasteiger partial charge in [0.25, 0.3) is 5.91 Å². The van der Waals surface area contributed by atoms with Gasteiger partial charge in [0.15, 0.2) is 0 Å². The van der Waals surface area contributed by atoms with Gasteiger partial charge in [-0.3, -0.25) is 9.59 Å². The van der Waals surface area contributed by atoms with Gasteiger partial charge in [-0.2, -0.15) is 18.4 Å². The second-order valence-corrected chi connectivity index (χ2v) is 6.91. The molecule has 0 radical (unpaired) electrons. The molecule has 2 aromatic rings. The van der Waals surface area contributed by atoms with Crippen molar-refractivity contribution >= 4 is 17.9 Å². The third-order valence-corrected chi connectivity index (χ3v) is 4.60. The monoisotopic (exact) mass is 448 g/mol. The average Bonchev–Trinajstić information content (AvgIpc) is 3.02. The molecule has 2 rings (SSSR count). The molecule has 2 N–H and O–H groups in total. The number of ether oxygens (including phenoxy) is 1. The Balaban J connectivity index is 2.24. The molecule has 0 atom stereocenters. The van der Waals surface area contributed by atoms with Crippen molar-refractivity contribution < 1.29 is 27.5 Å². The zero-order valence-electron chi connectivity index (χ0n) is 17.8. The summed E-state index contributed by atoms with van der Waals surface area (Å²) < 4.78 is 45.7. The fourth-order valence-corrected chi connectivity index (χ4v) is 3.07. The average molecular weight is 448 g/mol. The molecular formula is C22H23F3N4O3. The number of hydrogen-bond donors (Lipinski definition) is 2. The van der Waals surface area contributed by atoms with Crippen molar-refractivity contribution in [2.45, 2.75) is 20.0 Å². The van der Waals surface area contributed by atoms with Crippen LogP contribution < -0.4 is 10.6 Å². The Morgan fingerprint density at radius 1 is 1.22 bits per heavy atom. The van der Waals surface area contributed by atoms with Crippen LogP contribution in [0.2, 0.25) is 0 Å². The van der Waals surface area contributed by atoms with Crippen LogP contribution in [-0.4, -0.2) is 43.2 Å². The van der Waals surface area contributed by atoms with Crippen LogP contribution in [0.3, 0.4) is 0 Å². The highest BCUT2D eigenvalue weighted by Gasteiger charge is 2.30. The zero-order valence-corrected chi connectivity index (χ0v) is 17.8. The van der Waals surface area contributed by atoms with Gasteiger partial charge < -0.3 is 19.9 Å². The Labute approximate surface area is 183 Å². The largest absolute Gasteiger partial charge is 0.416 e. The van der Waals surface area contributed by atoms with Gasteiger partial charge in [0.1, 0.15) is 11.6 Å². The first kappa shape index (κ1) is 24.7. The van der Waals surface area contributed by atoms with Crippen LogP contribution >= 0.6 is 0 Å². The van der Waals surface area contributed by atoms with E-state index in [1.807, 2.05) is 0 Å². The number of halogens is 3. The van der Waals surface area contributed by atoms with E-state index in [-0.39, 0.29) is 18.7 Å². The molecule has 0 spiro atoms. The summed E-state index contributed by atoms with van der Waals surface area (Å²) in [6, 6.07) is 8.34. The summed E-state index contributed by atoms with van der Waals surface area (Å²) in [6.45, 7) is 3.68. The minimum absolute atomic E-state index is 0.237. The van der Waals surface area contributed by atoms with Gasteiger partial charge in [-0.25, -0.2) is 0 Å². The third-order valence-electron chi connectivity index (χ3n) is 4.60. The van der Waals surface area contributed by atoms with Gasteiger partial charge in [-0.05, 0) is 49.8 Å². The number of aromatic nitrogens is 1. The summed E-state index contributed by atoms with van der Waals surface area (Å²) in [4.78, 5) is 24.0. The van der Waals surface area contributed by atoms with Crippen molar-refractivity contribution in [2.75, 3.05) is 26.8 Å². The maximum atomic E-state index is 13.1. The second-order valence-electron chi connectivity index (χ2n) is 6.91. The molecule has 0 aliphatic carbocycles. The lowest BCUT2D eigenvalue weighted by molar-refractivity contribution is -0.137.